The van der Waals surface area contributed by atoms with Crippen LogP contribution in [-0.2, 0) is 0 Å². The molecule has 0 N–H and O–H groups in total. The summed E-state index contributed by atoms with van der Waals surface area (Å²) in [5, 5.41) is 8.98. The van der Waals surface area contributed by atoms with Crippen molar-refractivity contribution >= 4 is 17.4 Å². The van der Waals surface area contributed by atoms with E-state index in [-0.39, 0.29) is 18.1 Å². The maximum absolute atomic E-state index is 12.8. The zero-order chi connectivity index (χ0) is 16.4. The lowest BCUT2D eigenvalue weighted by atomic mass is 9.99. The van der Waals surface area contributed by atoms with Crippen molar-refractivity contribution in [1.29, 1.82) is 5.26 Å². The van der Waals surface area contributed by atoms with Gasteiger partial charge in [0.05, 0.1) is 24.4 Å². The lowest BCUT2D eigenvalue weighted by molar-refractivity contribution is 0.0955. The molecule has 0 aliphatic carbocycles. The van der Waals surface area contributed by atoms with Gasteiger partial charge in [-0.15, -0.1) is 0 Å². The van der Waals surface area contributed by atoms with Gasteiger partial charge in [-0.2, -0.15) is 5.26 Å². The Balaban J connectivity index is 2.04. The Morgan fingerprint density at radius 3 is 2.83 bits per heavy atom. The number of rotatable bonds is 2. The molecule has 5 nitrogen and oxygen atoms in total. The lowest BCUT2D eigenvalue weighted by Gasteiger charge is -2.29. The summed E-state index contributed by atoms with van der Waals surface area (Å²) in [6.07, 6.45) is 0.281. The van der Waals surface area contributed by atoms with Crippen LogP contribution in [0.25, 0.3) is 0 Å². The predicted octanol–water partition coefficient (Wildman–Crippen LogP) is 2.80. The van der Waals surface area contributed by atoms with E-state index in [1.807, 2.05) is 6.07 Å². The quantitative estimate of drug-likeness (QED) is 0.855. The molecule has 1 aliphatic heterocycles. The highest BCUT2D eigenvalue weighted by molar-refractivity contribution is 6.13. The maximum atomic E-state index is 12.8. The third-order valence-corrected chi connectivity index (χ3v) is 3.84. The van der Waals surface area contributed by atoms with Gasteiger partial charge in [0.15, 0.2) is 5.78 Å². The molecule has 0 spiro atoms. The molecule has 1 heterocycles. The van der Waals surface area contributed by atoms with E-state index in [2.05, 4.69) is 0 Å². The molecule has 2 aromatic rings. The number of amides is 1. The zero-order valence-corrected chi connectivity index (χ0v) is 12.6. The minimum absolute atomic E-state index is 0.0116. The number of hydrogen-bond donors (Lipinski definition) is 0. The van der Waals surface area contributed by atoms with Crippen molar-refractivity contribution < 1.29 is 14.3 Å². The van der Waals surface area contributed by atoms with Crippen molar-refractivity contribution in [1.82, 2.24) is 0 Å². The van der Waals surface area contributed by atoms with Crippen LogP contribution in [0.4, 0.5) is 5.69 Å². The van der Waals surface area contributed by atoms with Gasteiger partial charge in [-0.1, -0.05) is 6.07 Å². The molecular weight excluding hydrogens is 292 g/mol. The summed E-state index contributed by atoms with van der Waals surface area (Å²) in [7, 11) is 1.54. The van der Waals surface area contributed by atoms with Gasteiger partial charge in [0, 0.05) is 30.2 Å². The number of Topliss-reactive ketones (excluding diaryl/α,β-unsaturated/α-hetero) is 1. The Morgan fingerprint density at radius 1 is 1.26 bits per heavy atom. The first-order chi connectivity index (χ1) is 11.1. The van der Waals surface area contributed by atoms with E-state index in [9.17, 15) is 9.59 Å². The third kappa shape index (κ3) is 2.67. The summed E-state index contributed by atoms with van der Waals surface area (Å²) in [5.74, 6) is 0.364. The van der Waals surface area contributed by atoms with E-state index in [1.54, 1.807) is 47.4 Å². The highest BCUT2D eigenvalue weighted by Gasteiger charge is 2.28. The molecule has 1 amide bonds. The van der Waals surface area contributed by atoms with E-state index in [0.29, 0.717) is 34.7 Å². The SMILES string of the molecule is COc1ccc2c(c1)N(C(=O)c1cccc(C#N)c1)CCC2=O. The first-order valence-electron chi connectivity index (χ1n) is 7.17. The van der Waals surface area contributed by atoms with Crippen LogP contribution < -0.4 is 9.64 Å². The molecule has 0 aromatic heterocycles. The fraction of sp³-hybridized carbons (Fsp3) is 0.167. The van der Waals surface area contributed by atoms with Gasteiger partial charge in [-0.25, -0.2) is 0 Å². The molecule has 3 rings (SSSR count). The monoisotopic (exact) mass is 306 g/mol. The zero-order valence-electron chi connectivity index (χ0n) is 12.6. The molecule has 0 bridgehead atoms. The highest BCUT2D eigenvalue weighted by Crippen LogP contribution is 2.32. The predicted molar refractivity (Wildman–Crippen MR) is 84.8 cm³/mol. The van der Waals surface area contributed by atoms with Crippen molar-refractivity contribution in [2.45, 2.75) is 6.42 Å². The smallest absolute Gasteiger partial charge is 0.258 e. The Bertz CT molecular complexity index is 836. The number of anilines is 1. The second-order valence-electron chi connectivity index (χ2n) is 5.21. The van der Waals surface area contributed by atoms with E-state index >= 15 is 0 Å². The molecule has 1 aliphatic rings. The summed E-state index contributed by atoms with van der Waals surface area (Å²) >= 11 is 0. The van der Waals surface area contributed by atoms with Crippen LogP contribution in [0.2, 0.25) is 0 Å². The van der Waals surface area contributed by atoms with Gasteiger partial charge in [-0.3, -0.25) is 9.59 Å². The molecule has 0 radical (unpaired) electrons. The van der Waals surface area contributed by atoms with Gasteiger partial charge in [0.25, 0.3) is 5.91 Å². The van der Waals surface area contributed by atoms with Crippen LogP contribution in [0.15, 0.2) is 42.5 Å². The fourth-order valence-corrected chi connectivity index (χ4v) is 2.65. The minimum atomic E-state index is -0.232. The molecule has 5 heteroatoms. The van der Waals surface area contributed by atoms with Crippen LogP contribution in [0.3, 0.4) is 0 Å². The highest BCUT2D eigenvalue weighted by atomic mass is 16.5. The van der Waals surface area contributed by atoms with Crippen molar-refractivity contribution in [3.8, 4) is 11.8 Å². The molecule has 2 aromatic carbocycles. The number of fused-ring (bicyclic) bond motifs is 1. The van der Waals surface area contributed by atoms with Crippen molar-refractivity contribution in [2.75, 3.05) is 18.6 Å². The van der Waals surface area contributed by atoms with Crippen LogP contribution >= 0.6 is 0 Å². The molecular formula is C18H14N2O3. The summed E-state index contributed by atoms with van der Waals surface area (Å²) < 4.78 is 5.19. The van der Waals surface area contributed by atoms with Gasteiger partial charge >= 0.3 is 0 Å². The normalized spacial score (nSPS) is 13.2. The van der Waals surface area contributed by atoms with Crippen LogP contribution in [0, 0.1) is 11.3 Å². The number of methoxy groups -OCH3 is 1. The number of ether oxygens (including phenoxy) is 1. The lowest BCUT2D eigenvalue weighted by Crippen LogP contribution is -2.37. The Hall–Kier alpha value is -3.13. The summed E-state index contributed by atoms with van der Waals surface area (Å²) in [6.45, 7) is 0.314. The van der Waals surface area contributed by atoms with E-state index < -0.39 is 0 Å². The average Bonchev–Trinajstić information content (AvgIpc) is 2.61. The Labute approximate surface area is 133 Å². The van der Waals surface area contributed by atoms with Gasteiger partial charge in [0.2, 0.25) is 0 Å². The van der Waals surface area contributed by atoms with Crippen LogP contribution in [0.1, 0.15) is 32.7 Å². The number of nitrogens with zero attached hydrogens (tertiary/aromatic N) is 2. The third-order valence-electron chi connectivity index (χ3n) is 3.84. The van der Waals surface area contributed by atoms with Crippen molar-refractivity contribution in [2.24, 2.45) is 0 Å². The Kier molecular flexibility index (Phi) is 3.82. The van der Waals surface area contributed by atoms with Crippen LogP contribution in [0.5, 0.6) is 5.75 Å². The number of nitriles is 1. The van der Waals surface area contributed by atoms with Gasteiger partial charge in [-0.05, 0) is 30.3 Å². The van der Waals surface area contributed by atoms with Crippen LogP contribution in [-0.4, -0.2) is 25.3 Å². The standard InChI is InChI=1S/C18H14N2O3/c1-23-14-5-6-15-16(10-14)20(8-7-17(15)21)18(22)13-4-2-3-12(9-13)11-19/h2-6,9-10H,7-8H2,1H3. The summed E-state index contributed by atoms with van der Waals surface area (Å²) in [4.78, 5) is 26.4. The van der Waals surface area contributed by atoms with Crippen molar-refractivity contribution in [3.63, 3.8) is 0 Å². The van der Waals surface area contributed by atoms with E-state index in [0.717, 1.165) is 0 Å². The number of hydrogen-bond acceptors (Lipinski definition) is 4. The molecule has 0 saturated carbocycles. The molecule has 114 valence electrons. The summed E-state index contributed by atoms with van der Waals surface area (Å²) in [5.41, 5.74) is 1.91. The topological polar surface area (TPSA) is 70.4 Å². The molecule has 0 unspecified atom stereocenters. The minimum Gasteiger partial charge on any atom is -0.497 e. The molecule has 0 fully saturated rings. The summed E-state index contributed by atoms with van der Waals surface area (Å²) in [6, 6.07) is 13.6. The number of carbonyl (C=O) groups excluding carboxylic acids is 2. The second-order valence-corrected chi connectivity index (χ2v) is 5.21. The first-order valence-corrected chi connectivity index (χ1v) is 7.17. The molecule has 23 heavy (non-hydrogen) atoms. The average molecular weight is 306 g/mol. The first kappa shape index (κ1) is 14.8. The Morgan fingerprint density at radius 2 is 2.09 bits per heavy atom. The number of benzene rings is 2. The number of carbonyl (C=O) groups is 2. The van der Waals surface area contributed by atoms with Gasteiger partial charge < -0.3 is 9.64 Å². The second kappa shape index (κ2) is 5.93. The largest absolute Gasteiger partial charge is 0.497 e. The molecule has 0 saturated heterocycles. The van der Waals surface area contributed by atoms with Crippen molar-refractivity contribution in [3.05, 3.63) is 59.2 Å². The molecule has 0 atom stereocenters. The van der Waals surface area contributed by atoms with E-state index in [4.69, 9.17) is 10.00 Å². The number of ketones is 1. The van der Waals surface area contributed by atoms with Gasteiger partial charge in [0.1, 0.15) is 5.75 Å². The maximum Gasteiger partial charge on any atom is 0.258 e. The van der Waals surface area contributed by atoms with E-state index in [1.165, 1.54) is 7.11 Å². The fourth-order valence-electron chi connectivity index (χ4n) is 2.65.